The molecular formula is C22H17Cl2N3O2. The molecule has 0 spiro atoms. The maximum atomic E-state index is 12.7. The second-order valence-electron chi connectivity index (χ2n) is 6.40. The molecule has 1 N–H and O–H groups in total. The summed E-state index contributed by atoms with van der Waals surface area (Å²) in [5.74, 6) is -0.230. The molecule has 2 aromatic carbocycles. The number of aliphatic imine (C=N–C) groups is 1. The van der Waals surface area contributed by atoms with Gasteiger partial charge < -0.3 is 5.11 Å². The molecule has 0 bridgehead atoms. The number of halogens is 2. The quantitative estimate of drug-likeness (QED) is 0.581. The van der Waals surface area contributed by atoms with E-state index in [2.05, 4.69) is 4.99 Å². The summed E-state index contributed by atoms with van der Waals surface area (Å²) in [6.45, 7) is 1.84. The molecule has 1 heterocycles. The number of aryl methyl sites for hydroxylation is 1. The first-order chi connectivity index (χ1) is 13.9. The number of aromatic hydroxyl groups is 1. The van der Waals surface area contributed by atoms with Crippen molar-refractivity contribution < 1.29 is 5.11 Å². The van der Waals surface area contributed by atoms with Crippen molar-refractivity contribution in [2.75, 3.05) is 0 Å². The number of hydrogen-bond acceptors (Lipinski definition) is 4. The molecule has 1 aromatic heterocycles. The number of rotatable bonds is 5. The summed E-state index contributed by atoms with van der Waals surface area (Å²) in [7, 11) is 0. The lowest BCUT2D eigenvalue weighted by Gasteiger charge is -2.14. The van der Waals surface area contributed by atoms with E-state index in [-0.39, 0.29) is 18.0 Å². The third-order valence-electron chi connectivity index (χ3n) is 4.56. The SMILES string of the molecule is Cc1c(C=Nc2ccc(Cl)c(Cl)c2)c(O)n(CCc2ccccc2)c(=O)c1C#N. The molecule has 0 radical (unpaired) electrons. The minimum absolute atomic E-state index is 0.0218. The summed E-state index contributed by atoms with van der Waals surface area (Å²) in [4.78, 5) is 17.0. The number of pyridine rings is 1. The first-order valence-corrected chi connectivity index (χ1v) is 9.57. The molecule has 7 heteroatoms. The van der Waals surface area contributed by atoms with Crippen LogP contribution in [0.2, 0.25) is 10.0 Å². The lowest BCUT2D eigenvalue weighted by atomic mass is 10.1. The lowest BCUT2D eigenvalue weighted by Crippen LogP contribution is -2.26. The monoisotopic (exact) mass is 425 g/mol. The third-order valence-corrected chi connectivity index (χ3v) is 5.30. The fourth-order valence-corrected chi connectivity index (χ4v) is 3.22. The average Bonchev–Trinajstić information content (AvgIpc) is 2.71. The van der Waals surface area contributed by atoms with Gasteiger partial charge in [0.1, 0.15) is 11.6 Å². The molecule has 146 valence electrons. The molecule has 0 saturated carbocycles. The number of nitrogens with zero attached hydrogens (tertiary/aromatic N) is 3. The summed E-state index contributed by atoms with van der Waals surface area (Å²) in [5, 5.41) is 21.0. The molecule has 0 amide bonds. The van der Waals surface area contributed by atoms with Crippen molar-refractivity contribution in [3.05, 3.63) is 91.2 Å². The van der Waals surface area contributed by atoms with Gasteiger partial charge in [-0.05, 0) is 42.7 Å². The molecule has 0 atom stereocenters. The van der Waals surface area contributed by atoms with Crippen LogP contribution in [0.5, 0.6) is 5.88 Å². The Kier molecular flexibility index (Phi) is 6.38. The predicted molar refractivity (Wildman–Crippen MR) is 116 cm³/mol. The third kappa shape index (κ3) is 4.51. The van der Waals surface area contributed by atoms with Gasteiger partial charge in [-0.1, -0.05) is 53.5 Å². The van der Waals surface area contributed by atoms with E-state index in [0.717, 1.165) is 5.56 Å². The molecule has 29 heavy (non-hydrogen) atoms. The van der Waals surface area contributed by atoms with Crippen LogP contribution in [0.3, 0.4) is 0 Å². The number of benzene rings is 2. The molecule has 5 nitrogen and oxygen atoms in total. The van der Waals surface area contributed by atoms with Crippen LogP contribution in [0.15, 0.2) is 58.3 Å². The normalized spacial score (nSPS) is 11.0. The molecule has 0 aliphatic rings. The van der Waals surface area contributed by atoms with Gasteiger partial charge >= 0.3 is 0 Å². The maximum Gasteiger partial charge on any atom is 0.271 e. The Hall–Kier alpha value is -3.07. The van der Waals surface area contributed by atoms with Crippen LogP contribution in [0.1, 0.15) is 22.3 Å². The number of hydrogen-bond donors (Lipinski definition) is 1. The van der Waals surface area contributed by atoms with Crippen molar-refractivity contribution in [1.29, 1.82) is 5.26 Å². The molecule has 0 unspecified atom stereocenters. The molecule has 3 rings (SSSR count). The topological polar surface area (TPSA) is 78.4 Å². The number of aromatic nitrogens is 1. The highest BCUT2D eigenvalue weighted by molar-refractivity contribution is 6.42. The molecule has 0 aliphatic carbocycles. The van der Waals surface area contributed by atoms with Gasteiger partial charge in [-0.2, -0.15) is 5.26 Å². The summed E-state index contributed by atoms with van der Waals surface area (Å²) < 4.78 is 1.20. The van der Waals surface area contributed by atoms with Gasteiger partial charge in [0.2, 0.25) is 5.88 Å². The standard InChI is InChI=1S/C22H17Cl2N3O2/c1-14-17(12-25)21(28)27(10-9-15-5-3-2-4-6-15)22(29)18(14)13-26-16-7-8-19(23)20(24)11-16/h2-8,11,13,29H,9-10H2,1H3. The summed E-state index contributed by atoms with van der Waals surface area (Å²) in [5.41, 5.74) is 1.68. The van der Waals surface area contributed by atoms with Gasteiger partial charge in [0.05, 0.1) is 21.3 Å². The van der Waals surface area contributed by atoms with Crippen molar-refractivity contribution in [1.82, 2.24) is 4.57 Å². The zero-order chi connectivity index (χ0) is 21.0. The second-order valence-corrected chi connectivity index (χ2v) is 7.21. The van der Waals surface area contributed by atoms with E-state index < -0.39 is 5.56 Å². The van der Waals surface area contributed by atoms with E-state index >= 15 is 0 Å². The van der Waals surface area contributed by atoms with E-state index in [1.54, 1.807) is 25.1 Å². The zero-order valence-electron chi connectivity index (χ0n) is 15.6. The van der Waals surface area contributed by atoms with E-state index in [4.69, 9.17) is 23.2 Å². The summed E-state index contributed by atoms with van der Waals surface area (Å²) in [6.07, 6.45) is 1.95. The van der Waals surface area contributed by atoms with Crippen LogP contribution in [-0.4, -0.2) is 15.9 Å². The largest absolute Gasteiger partial charge is 0.494 e. The molecule has 0 fully saturated rings. The van der Waals surface area contributed by atoms with Crippen LogP contribution in [0, 0.1) is 18.3 Å². The summed E-state index contributed by atoms with van der Waals surface area (Å²) >= 11 is 11.9. The van der Waals surface area contributed by atoms with Crippen LogP contribution in [0.25, 0.3) is 0 Å². The molecule has 3 aromatic rings. The van der Waals surface area contributed by atoms with Gasteiger partial charge in [0.15, 0.2) is 0 Å². The van der Waals surface area contributed by atoms with Crippen LogP contribution in [0.4, 0.5) is 5.69 Å². The lowest BCUT2D eigenvalue weighted by molar-refractivity contribution is 0.404. The van der Waals surface area contributed by atoms with Gasteiger partial charge in [-0.25, -0.2) is 0 Å². The highest BCUT2D eigenvalue weighted by Gasteiger charge is 2.18. The Morgan fingerprint density at radius 3 is 2.55 bits per heavy atom. The van der Waals surface area contributed by atoms with E-state index in [0.29, 0.717) is 33.3 Å². The molecule has 0 saturated heterocycles. The highest BCUT2D eigenvalue weighted by Crippen LogP contribution is 2.27. The van der Waals surface area contributed by atoms with Crippen molar-refractivity contribution in [3.8, 4) is 11.9 Å². The molecular weight excluding hydrogens is 409 g/mol. The van der Waals surface area contributed by atoms with Crippen molar-refractivity contribution in [2.45, 2.75) is 19.9 Å². The zero-order valence-corrected chi connectivity index (χ0v) is 17.1. The van der Waals surface area contributed by atoms with Crippen molar-refractivity contribution >= 4 is 35.1 Å². The van der Waals surface area contributed by atoms with Gasteiger partial charge in [-0.3, -0.25) is 14.4 Å². The second kappa shape index (κ2) is 8.95. The average molecular weight is 426 g/mol. The Balaban J connectivity index is 2.02. The Morgan fingerprint density at radius 2 is 1.90 bits per heavy atom. The minimum atomic E-state index is -0.523. The minimum Gasteiger partial charge on any atom is -0.494 e. The smallest absolute Gasteiger partial charge is 0.271 e. The highest BCUT2D eigenvalue weighted by atomic mass is 35.5. The molecule has 0 aliphatic heterocycles. The van der Waals surface area contributed by atoms with E-state index in [1.165, 1.54) is 10.8 Å². The van der Waals surface area contributed by atoms with Crippen molar-refractivity contribution in [3.63, 3.8) is 0 Å². The van der Waals surface area contributed by atoms with Gasteiger partial charge in [-0.15, -0.1) is 0 Å². The predicted octanol–water partition coefficient (Wildman–Crippen LogP) is 5.03. The van der Waals surface area contributed by atoms with Crippen LogP contribution < -0.4 is 5.56 Å². The van der Waals surface area contributed by atoms with Gasteiger partial charge in [0.25, 0.3) is 5.56 Å². The van der Waals surface area contributed by atoms with Crippen LogP contribution in [-0.2, 0) is 13.0 Å². The fraction of sp³-hybridized carbons (Fsp3) is 0.136. The Bertz CT molecular complexity index is 1180. The maximum absolute atomic E-state index is 12.7. The number of nitriles is 1. The van der Waals surface area contributed by atoms with Crippen LogP contribution >= 0.6 is 23.2 Å². The first-order valence-electron chi connectivity index (χ1n) is 8.82. The van der Waals surface area contributed by atoms with Crippen molar-refractivity contribution in [2.24, 2.45) is 4.99 Å². The summed E-state index contributed by atoms with van der Waals surface area (Å²) in [6, 6.07) is 16.4. The first kappa shape index (κ1) is 20.7. The van der Waals surface area contributed by atoms with Gasteiger partial charge in [0, 0.05) is 12.8 Å². The Labute approximate surface area is 178 Å². The Morgan fingerprint density at radius 1 is 1.17 bits per heavy atom. The fourth-order valence-electron chi connectivity index (χ4n) is 2.92. The van der Waals surface area contributed by atoms with E-state index in [9.17, 15) is 15.2 Å². The van der Waals surface area contributed by atoms with E-state index in [1.807, 2.05) is 36.4 Å².